The number of anilines is 1. The van der Waals surface area contributed by atoms with Crippen molar-refractivity contribution < 1.29 is 19.2 Å². The number of hydrogen-bond acceptors (Lipinski definition) is 4. The smallest absolute Gasteiger partial charge is 0.308 e. The van der Waals surface area contributed by atoms with Crippen LogP contribution in [0.2, 0.25) is 0 Å². The van der Waals surface area contributed by atoms with E-state index in [1.165, 1.54) is 12.1 Å². The molecule has 6 nitrogen and oxygen atoms in total. The quantitative estimate of drug-likeness (QED) is 0.654. The second-order valence-corrected chi connectivity index (χ2v) is 4.16. The molecule has 1 atom stereocenters. The molecule has 1 aliphatic heterocycles. The molecule has 0 bridgehead atoms. The molecule has 1 N–H and O–H groups in total. The number of nitro groups is 1. The van der Waals surface area contributed by atoms with E-state index in [4.69, 9.17) is 5.11 Å². The van der Waals surface area contributed by atoms with Gasteiger partial charge >= 0.3 is 5.97 Å². The molecular formula is C11H11FN2O4. The highest BCUT2D eigenvalue weighted by Gasteiger charge is 2.29. The first kappa shape index (κ1) is 12.3. The molecule has 0 aromatic heterocycles. The van der Waals surface area contributed by atoms with Crippen LogP contribution in [0.15, 0.2) is 18.2 Å². The van der Waals surface area contributed by atoms with E-state index in [-0.39, 0.29) is 17.9 Å². The van der Waals surface area contributed by atoms with Gasteiger partial charge < -0.3 is 10.0 Å². The summed E-state index contributed by atoms with van der Waals surface area (Å²) in [6, 6.07) is 3.38. The number of nitrogens with zero attached hydrogens (tertiary/aromatic N) is 2. The second-order valence-electron chi connectivity index (χ2n) is 4.16. The third kappa shape index (κ3) is 2.24. The van der Waals surface area contributed by atoms with Crippen LogP contribution in [0.25, 0.3) is 0 Å². The maximum atomic E-state index is 13.7. The van der Waals surface area contributed by atoms with Gasteiger partial charge in [-0.3, -0.25) is 14.9 Å². The number of nitro benzene ring substituents is 1. The summed E-state index contributed by atoms with van der Waals surface area (Å²) >= 11 is 0. The first-order chi connectivity index (χ1) is 8.49. The fraction of sp³-hybridized carbons (Fsp3) is 0.364. The number of rotatable bonds is 3. The van der Waals surface area contributed by atoms with E-state index in [1.807, 2.05) is 0 Å². The standard InChI is InChI=1S/C11H11FN2O4/c12-9-5-8(14(17)18)1-2-10(9)13-4-3-7(6-13)11(15)16/h1-2,5,7H,3-4,6H2,(H,15,16). The Bertz CT molecular complexity index is 506. The van der Waals surface area contributed by atoms with Crippen molar-refractivity contribution in [1.82, 2.24) is 0 Å². The van der Waals surface area contributed by atoms with Crippen LogP contribution in [0.5, 0.6) is 0 Å². The van der Waals surface area contributed by atoms with Crippen LogP contribution in [0.3, 0.4) is 0 Å². The highest BCUT2D eigenvalue weighted by molar-refractivity contribution is 5.72. The SMILES string of the molecule is O=C(O)C1CCN(c2ccc([N+](=O)[O-])cc2F)C1. The number of benzene rings is 1. The third-order valence-electron chi connectivity index (χ3n) is 3.02. The van der Waals surface area contributed by atoms with Crippen molar-refractivity contribution >= 4 is 17.3 Å². The third-order valence-corrected chi connectivity index (χ3v) is 3.02. The molecule has 96 valence electrons. The lowest BCUT2D eigenvalue weighted by molar-refractivity contribution is -0.385. The topological polar surface area (TPSA) is 83.7 Å². The average molecular weight is 254 g/mol. The second kappa shape index (κ2) is 4.59. The monoisotopic (exact) mass is 254 g/mol. The van der Waals surface area contributed by atoms with Gasteiger partial charge in [0.2, 0.25) is 0 Å². The Morgan fingerprint density at radius 2 is 2.28 bits per heavy atom. The first-order valence-corrected chi connectivity index (χ1v) is 5.40. The molecule has 18 heavy (non-hydrogen) atoms. The lowest BCUT2D eigenvalue weighted by atomic mass is 10.1. The molecule has 1 aliphatic rings. The Morgan fingerprint density at radius 3 is 2.78 bits per heavy atom. The lowest BCUT2D eigenvalue weighted by Gasteiger charge is -2.18. The van der Waals surface area contributed by atoms with Gasteiger partial charge in [0, 0.05) is 19.2 Å². The predicted octanol–water partition coefficient (Wildman–Crippen LogP) is 1.64. The summed E-state index contributed by atoms with van der Waals surface area (Å²) in [5.74, 6) is -2.12. The van der Waals surface area contributed by atoms with Crippen molar-refractivity contribution in [2.75, 3.05) is 18.0 Å². The maximum absolute atomic E-state index is 13.7. The van der Waals surface area contributed by atoms with Crippen LogP contribution in [-0.2, 0) is 4.79 Å². The van der Waals surface area contributed by atoms with Crippen molar-refractivity contribution in [3.8, 4) is 0 Å². The van der Waals surface area contributed by atoms with E-state index < -0.39 is 22.6 Å². The fourth-order valence-electron chi connectivity index (χ4n) is 2.05. The van der Waals surface area contributed by atoms with Crippen LogP contribution in [0, 0.1) is 21.8 Å². The number of non-ortho nitro benzene ring substituents is 1. The zero-order valence-electron chi connectivity index (χ0n) is 9.38. The molecule has 0 spiro atoms. The molecule has 1 aromatic rings. The van der Waals surface area contributed by atoms with Gasteiger partial charge in [0.05, 0.1) is 22.6 Å². The largest absolute Gasteiger partial charge is 0.481 e. The highest BCUT2D eigenvalue weighted by Crippen LogP contribution is 2.28. The van der Waals surface area contributed by atoms with E-state index in [0.717, 1.165) is 6.07 Å². The Hall–Kier alpha value is -2.18. The predicted molar refractivity (Wildman–Crippen MR) is 61.0 cm³/mol. The van der Waals surface area contributed by atoms with Gasteiger partial charge in [0.25, 0.3) is 5.69 Å². The van der Waals surface area contributed by atoms with Crippen molar-refractivity contribution in [3.05, 3.63) is 34.1 Å². The van der Waals surface area contributed by atoms with Gasteiger partial charge in [0.1, 0.15) is 0 Å². The zero-order chi connectivity index (χ0) is 13.3. The number of hydrogen-bond donors (Lipinski definition) is 1. The molecule has 0 saturated carbocycles. The highest BCUT2D eigenvalue weighted by atomic mass is 19.1. The molecule has 1 fully saturated rings. The molecule has 0 radical (unpaired) electrons. The maximum Gasteiger partial charge on any atom is 0.308 e. The minimum atomic E-state index is -0.903. The van der Waals surface area contributed by atoms with Crippen molar-refractivity contribution in [3.63, 3.8) is 0 Å². The van der Waals surface area contributed by atoms with Crippen LogP contribution < -0.4 is 4.90 Å². The van der Waals surface area contributed by atoms with E-state index in [9.17, 15) is 19.3 Å². The van der Waals surface area contributed by atoms with Gasteiger partial charge in [-0.1, -0.05) is 0 Å². The summed E-state index contributed by atoms with van der Waals surface area (Å²) in [6.45, 7) is 0.662. The van der Waals surface area contributed by atoms with Gasteiger partial charge in [0.15, 0.2) is 5.82 Å². The molecule has 0 amide bonds. The van der Waals surface area contributed by atoms with Crippen molar-refractivity contribution in [1.29, 1.82) is 0 Å². The summed E-state index contributed by atoms with van der Waals surface area (Å²) in [4.78, 5) is 22.2. The summed E-state index contributed by atoms with van der Waals surface area (Å²) in [5.41, 5.74) is -0.102. The molecule has 1 unspecified atom stereocenters. The molecule has 7 heteroatoms. The van der Waals surface area contributed by atoms with Gasteiger partial charge in [-0.05, 0) is 12.5 Å². The van der Waals surface area contributed by atoms with Gasteiger partial charge in [-0.15, -0.1) is 0 Å². The number of carboxylic acid groups (broad SMARTS) is 1. The lowest BCUT2D eigenvalue weighted by Crippen LogP contribution is -2.23. The Kier molecular flexibility index (Phi) is 3.14. The summed E-state index contributed by atoms with van der Waals surface area (Å²) in [5, 5.41) is 19.3. The molecule has 0 aliphatic carbocycles. The number of carboxylic acids is 1. The van der Waals surface area contributed by atoms with E-state index in [2.05, 4.69) is 0 Å². The van der Waals surface area contributed by atoms with Gasteiger partial charge in [-0.25, -0.2) is 4.39 Å². The minimum absolute atomic E-state index is 0.212. The first-order valence-electron chi connectivity index (χ1n) is 5.40. The average Bonchev–Trinajstić information content (AvgIpc) is 2.78. The van der Waals surface area contributed by atoms with E-state index in [1.54, 1.807) is 4.90 Å². The Morgan fingerprint density at radius 1 is 1.56 bits per heavy atom. The number of halogens is 1. The molecule has 2 rings (SSSR count). The molecular weight excluding hydrogens is 243 g/mol. The van der Waals surface area contributed by atoms with Crippen LogP contribution in [-0.4, -0.2) is 29.1 Å². The zero-order valence-corrected chi connectivity index (χ0v) is 9.38. The van der Waals surface area contributed by atoms with Gasteiger partial charge in [-0.2, -0.15) is 0 Å². The number of carbonyl (C=O) groups is 1. The van der Waals surface area contributed by atoms with Crippen LogP contribution >= 0.6 is 0 Å². The normalized spacial score (nSPS) is 18.9. The van der Waals surface area contributed by atoms with Crippen molar-refractivity contribution in [2.24, 2.45) is 5.92 Å². The molecule has 1 heterocycles. The van der Waals surface area contributed by atoms with E-state index >= 15 is 0 Å². The van der Waals surface area contributed by atoms with Crippen LogP contribution in [0.1, 0.15) is 6.42 Å². The van der Waals surface area contributed by atoms with E-state index in [0.29, 0.717) is 13.0 Å². The summed E-state index contributed by atoms with van der Waals surface area (Å²) < 4.78 is 13.7. The summed E-state index contributed by atoms with van der Waals surface area (Å²) in [7, 11) is 0. The fourth-order valence-corrected chi connectivity index (χ4v) is 2.05. The van der Waals surface area contributed by atoms with Crippen molar-refractivity contribution in [2.45, 2.75) is 6.42 Å². The summed E-state index contributed by atoms with van der Waals surface area (Å²) in [6.07, 6.45) is 0.450. The Balaban J connectivity index is 2.20. The number of aliphatic carboxylic acids is 1. The molecule has 1 aromatic carbocycles. The molecule has 1 saturated heterocycles. The minimum Gasteiger partial charge on any atom is -0.481 e. The Labute approximate surface area is 102 Å². The van der Waals surface area contributed by atoms with Crippen LogP contribution in [0.4, 0.5) is 15.8 Å².